The van der Waals surface area contributed by atoms with E-state index in [4.69, 9.17) is 0 Å². The van der Waals surface area contributed by atoms with Gasteiger partial charge < -0.3 is 20.4 Å². The topological polar surface area (TPSA) is 132 Å². The van der Waals surface area contributed by atoms with Gasteiger partial charge in [-0.05, 0) is 76.2 Å². The van der Waals surface area contributed by atoms with Crippen molar-refractivity contribution in [3.05, 3.63) is 144 Å². The van der Waals surface area contributed by atoms with Crippen LogP contribution >= 0.6 is 0 Å². The Bertz CT molecular complexity index is 2040. The molecule has 0 aliphatic carbocycles. The molecule has 4 radical (unpaired) electrons. The molecular formula is C40H36BLiN4O4. The summed E-state index contributed by atoms with van der Waals surface area (Å²) in [6, 6.07) is 37.1. The van der Waals surface area contributed by atoms with Crippen LogP contribution in [0.5, 0.6) is 23.0 Å². The van der Waals surface area contributed by atoms with E-state index in [9.17, 15) is 20.4 Å². The molecular weight excluding hydrogens is 618 g/mol. The molecule has 244 valence electrons. The fourth-order valence-corrected chi connectivity index (χ4v) is 4.92. The van der Waals surface area contributed by atoms with Crippen LogP contribution in [0.3, 0.4) is 0 Å². The Balaban J connectivity index is 0.000000178. The zero-order chi connectivity index (χ0) is 34.2. The van der Waals surface area contributed by atoms with Gasteiger partial charge in [0, 0.05) is 71.6 Å². The van der Waals surface area contributed by atoms with Crippen LogP contribution in [0.25, 0.3) is 43.6 Å². The number of hydrogen-bond acceptors (Lipinski definition) is 8. The van der Waals surface area contributed by atoms with Gasteiger partial charge >= 0.3 is 0 Å². The Hall–Kier alpha value is -5.62. The van der Waals surface area contributed by atoms with Crippen molar-refractivity contribution in [3.8, 4) is 23.0 Å². The summed E-state index contributed by atoms with van der Waals surface area (Å²) in [5.41, 5.74) is 6.39. The largest absolute Gasteiger partial charge is 0.506 e. The minimum Gasteiger partial charge on any atom is -0.506 e. The molecule has 4 aromatic heterocycles. The van der Waals surface area contributed by atoms with Crippen molar-refractivity contribution in [2.75, 3.05) is 0 Å². The maximum absolute atomic E-state index is 9.43. The number of rotatable bonds is 0. The molecule has 0 unspecified atom stereocenters. The first-order chi connectivity index (χ1) is 23.1. The normalized spacial score (nSPS) is 10.0. The van der Waals surface area contributed by atoms with E-state index in [0.29, 0.717) is 22.1 Å². The summed E-state index contributed by atoms with van der Waals surface area (Å²) < 4.78 is 0. The smallest absolute Gasteiger partial charge is 0.141 e. The second kappa shape index (κ2) is 17.7. The predicted octanol–water partition coefficient (Wildman–Crippen LogP) is 8.23. The minimum atomic E-state index is 0. The maximum atomic E-state index is 9.43. The molecule has 0 aliphatic rings. The summed E-state index contributed by atoms with van der Waals surface area (Å²) in [4.78, 5) is 16.9. The van der Waals surface area contributed by atoms with Gasteiger partial charge in [-0.2, -0.15) is 0 Å². The van der Waals surface area contributed by atoms with E-state index in [2.05, 4.69) is 19.9 Å². The molecule has 8 aromatic rings. The number of para-hydroxylation sites is 4. The number of aromatic nitrogens is 4. The number of pyridine rings is 4. The predicted molar refractivity (Wildman–Crippen MR) is 204 cm³/mol. The molecule has 4 heterocycles. The Morgan fingerprint density at radius 2 is 0.520 bits per heavy atom. The Kier molecular flexibility index (Phi) is 13.7. The van der Waals surface area contributed by atoms with Crippen LogP contribution in [0.1, 0.15) is 22.8 Å². The van der Waals surface area contributed by atoms with E-state index in [0.717, 1.165) is 44.3 Å². The molecule has 50 heavy (non-hydrogen) atoms. The van der Waals surface area contributed by atoms with E-state index in [1.165, 1.54) is 0 Å². The summed E-state index contributed by atoms with van der Waals surface area (Å²) in [7, 11) is 0. The zero-order valence-corrected chi connectivity index (χ0v) is 28.7. The summed E-state index contributed by atoms with van der Waals surface area (Å²) in [6.07, 6.45) is 0. The van der Waals surface area contributed by atoms with E-state index in [1.807, 2.05) is 125 Å². The van der Waals surface area contributed by atoms with Crippen molar-refractivity contribution < 1.29 is 20.4 Å². The van der Waals surface area contributed by atoms with E-state index in [1.54, 1.807) is 24.3 Å². The van der Waals surface area contributed by atoms with Crippen molar-refractivity contribution in [1.82, 2.24) is 19.9 Å². The van der Waals surface area contributed by atoms with Crippen LogP contribution in [-0.2, 0) is 0 Å². The van der Waals surface area contributed by atoms with Crippen LogP contribution in [-0.4, -0.2) is 67.6 Å². The summed E-state index contributed by atoms with van der Waals surface area (Å²) in [6.45, 7) is 7.63. The average Bonchev–Trinajstić information content (AvgIpc) is 3.07. The van der Waals surface area contributed by atoms with Crippen LogP contribution in [0.4, 0.5) is 0 Å². The Morgan fingerprint density at radius 1 is 0.320 bits per heavy atom. The fourth-order valence-electron chi connectivity index (χ4n) is 4.92. The van der Waals surface area contributed by atoms with Gasteiger partial charge in [0.05, 0.1) is 0 Å². The molecule has 0 saturated heterocycles. The minimum absolute atomic E-state index is 0. The zero-order valence-electron chi connectivity index (χ0n) is 28.7. The third-order valence-corrected chi connectivity index (χ3v) is 7.35. The molecule has 8 nitrogen and oxygen atoms in total. The number of phenolic OH excluding ortho intramolecular Hbond substituents is 4. The van der Waals surface area contributed by atoms with E-state index < -0.39 is 0 Å². The van der Waals surface area contributed by atoms with Crippen LogP contribution in [0, 0.1) is 27.7 Å². The monoisotopic (exact) mass is 654 g/mol. The molecule has 4 N–H and O–H groups in total. The molecule has 4 aromatic carbocycles. The second-order valence-corrected chi connectivity index (χ2v) is 11.2. The van der Waals surface area contributed by atoms with Gasteiger partial charge in [-0.25, -0.2) is 19.9 Å². The molecule has 10 heteroatoms. The number of fused-ring (bicyclic) bond motifs is 4. The number of nitrogens with zero attached hydrogens (tertiary/aromatic N) is 4. The number of benzene rings is 4. The quantitative estimate of drug-likeness (QED) is 0.120. The number of hydrogen-bond donors (Lipinski definition) is 4. The number of aromatic hydroxyl groups is 4. The summed E-state index contributed by atoms with van der Waals surface area (Å²) in [5.74, 6) is 0.986. The SMILES string of the molecule is Cc1ccc2cccc(O)c2n1.Cc1ccc2cccc(O)c2n1.Cc1ccc2cccc(O)c2n1.Cc1ccc2cccc(O)c2n1.[B].[Li]. The summed E-state index contributed by atoms with van der Waals surface area (Å²) in [5, 5.41) is 41.6. The molecule has 0 spiro atoms. The van der Waals surface area contributed by atoms with Crippen molar-refractivity contribution in [2.45, 2.75) is 27.7 Å². The van der Waals surface area contributed by atoms with E-state index >= 15 is 0 Å². The first-order valence-corrected chi connectivity index (χ1v) is 15.3. The van der Waals surface area contributed by atoms with Crippen molar-refractivity contribution in [2.24, 2.45) is 0 Å². The molecule has 8 rings (SSSR count). The molecule has 0 amide bonds. The maximum Gasteiger partial charge on any atom is 0.141 e. The van der Waals surface area contributed by atoms with Crippen LogP contribution in [0.15, 0.2) is 121 Å². The fraction of sp³-hybridized carbons (Fsp3) is 0.100. The molecule has 0 bridgehead atoms. The van der Waals surface area contributed by atoms with Gasteiger partial charge in [0.2, 0.25) is 0 Å². The van der Waals surface area contributed by atoms with Gasteiger partial charge in [0.15, 0.2) is 0 Å². The first-order valence-electron chi connectivity index (χ1n) is 15.3. The number of phenols is 4. The van der Waals surface area contributed by atoms with Gasteiger partial charge in [-0.3, -0.25) is 0 Å². The van der Waals surface area contributed by atoms with E-state index in [-0.39, 0.29) is 50.3 Å². The van der Waals surface area contributed by atoms with Crippen LogP contribution < -0.4 is 0 Å². The first kappa shape index (κ1) is 38.8. The van der Waals surface area contributed by atoms with Crippen LogP contribution in [0.2, 0.25) is 0 Å². The number of aryl methyl sites for hydroxylation is 4. The van der Waals surface area contributed by atoms with Gasteiger partial charge in [0.25, 0.3) is 0 Å². The Morgan fingerprint density at radius 3 is 0.720 bits per heavy atom. The third kappa shape index (κ3) is 9.73. The standard InChI is InChI=1S/4C10H9NO.B.Li/c4*1-7-5-6-8-3-2-4-9(12)10(8)11-7;;/h4*2-6,12H,1H3;;. The van der Waals surface area contributed by atoms with Crippen molar-refractivity contribution >= 4 is 70.9 Å². The summed E-state index contributed by atoms with van der Waals surface area (Å²) >= 11 is 0. The van der Waals surface area contributed by atoms with Gasteiger partial charge in [-0.15, -0.1) is 0 Å². The van der Waals surface area contributed by atoms with Crippen molar-refractivity contribution in [3.63, 3.8) is 0 Å². The second-order valence-electron chi connectivity index (χ2n) is 11.2. The molecule has 0 atom stereocenters. The van der Waals surface area contributed by atoms with Crippen molar-refractivity contribution in [1.29, 1.82) is 0 Å². The van der Waals surface area contributed by atoms with Gasteiger partial charge in [0.1, 0.15) is 45.1 Å². The van der Waals surface area contributed by atoms with Gasteiger partial charge in [-0.1, -0.05) is 72.8 Å². The third-order valence-electron chi connectivity index (χ3n) is 7.35. The molecule has 0 saturated carbocycles. The Labute approximate surface area is 304 Å². The average molecular weight is 655 g/mol. The molecule has 0 fully saturated rings. The molecule has 0 aliphatic heterocycles.